The molecule has 15 heteroatoms. The molecular weight excluding hydrogens is 771 g/mol. The molecule has 2 aliphatic carbocycles. The van der Waals surface area contributed by atoms with Gasteiger partial charge in [-0.05, 0) is 68.4 Å². The Bertz CT molecular complexity index is 2470. The summed E-state index contributed by atoms with van der Waals surface area (Å²) in [5, 5.41) is 15.1. The van der Waals surface area contributed by atoms with E-state index in [9.17, 15) is 23.2 Å². The minimum atomic E-state index is -4.65. The lowest BCUT2D eigenvalue weighted by Gasteiger charge is -2.39. The van der Waals surface area contributed by atoms with Gasteiger partial charge in [0.05, 0.1) is 52.9 Å². The standard InChI is InChI=1S/C41H36Cl2F4N6O3/c1-19-26-15-31(30-14-24(18-52(30)40(54)20-8-9-20)56-32-13-23(41(45,46)47)17-50-39(32)55-2)53(37-22-12-29(37)49-16-22)38(26)27-11-21(5-4-10-48)33(35(44)36(27)51-19)25-6-3-7-28(42)34(25)43/h3,6-7,11,13,15,17,20,22,24,29-30,37,49H,4-5,8-9,12,14,16,18H2,1-2H3. The number of nitrogens with one attached hydrogen (secondary N) is 1. The van der Waals surface area contributed by atoms with Gasteiger partial charge in [-0.3, -0.25) is 4.79 Å². The van der Waals surface area contributed by atoms with Crippen LogP contribution >= 0.6 is 23.2 Å². The highest BCUT2D eigenvalue weighted by Crippen LogP contribution is 2.51. The van der Waals surface area contributed by atoms with E-state index in [1.54, 1.807) is 23.1 Å². The fourth-order valence-electron chi connectivity index (χ4n) is 9.07. The number of amides is 1. The van der Waals surface area contributed by atoms with E-state index in [2.05, 4.69) is 20.9 Å². The minimum Gasteiger partial charge on any atom is -0.483 e. The van der Waals surface area contributed by atoms with E-state index in [-0.39, 0.29) is 88.4 Å². The quantitative estimate of drug-likeness (QED) is 0.148. The number of aryl methyl sites for hydroxylation is 2. The van der Waals surface area contributed by atoms with Gasteiger partial charge in [-0.1, -0.05) is 35.3 Å². The molecule has 2 bridgehead atoms. The van der Waals surface area contributed by atoms with Crippen molar-refractivity contribution in [2.75, 3.05) is 20.2 Å². The van der Waals surface area contributed by atoms with Crippen LogP contribution in [0.1, 0.15) is 66.7 Å². The van der Waals surface area contributed by atoms with E-state index in [0.717, 1.165) is 48.5 Å². The van der Waals surface area contributed by atoms with Gasteiger partial charge in [-0.25, -0.2) is 14.4 Å². The second kappa shape index (κ2) is 13.8. The number of pyridine rings is 2. The van der Waals surface area contributed by atoms with E-state index in [1.165, 1.54) is 7.11 Å². The van der Waals surface area contributed by atoms with Crippen LogP contribution in [-0.2, 0) is 17.4 Å². The molecule has 6 heterocycles. The number of nitriles is 1. The summed E-state index contributed by atoms with van der Waals surface area (Å²) in [6.45, 7) is 2.78. The number of benzene rings is 2. The minimum absolute atomic E-state index is 0.00854. The summed E-state index contributed by atoms with van der Waals surface area (Å²) in [4.78, 5) is 24.6. The topological polar surface area (TPSA) is 105 Å². The fraction of sp³-hybridized carbons (Fsp3) is 0.415. The van der Waals surface area contributed by atoms with E-state index >= 15 is 4.39 Å². The first kappa shape index (κ1) is 37.0. The molecule has 2 saturated carbocycles. The molecule has 5 aromatic rings. The lowest BCUT2D eigenvalue weighted by molar-refractivity contribution is -0.138. The summed E-state index contributed by atoms with van der Waals surface area (Å²) < 4.78 is 72.2. The first-order chi connectivity index (χ1) is 26.9. The number of fused-ring (bicyclic) bond motifs is 4. The molecule has 290 valence electrons. The van der Waals surface area contributed by atoms with E-state index in [0.29, 0.717) is 28.4 Å². The number of ether oxygens (including phenoxy) is 2. The highest BCUT2D eigenvalue weighted by molar-refractivity contribution is 6.43. The molecule has 2 aromatic carbocycles. The van der Waals surface area contributed by atoms with Gasteiger partial charge in [0, 0.05) is 70.8 Å². The van der Waals surface area contributed by atoms with Crippen LogP contribution < -0.4 is 14.8 Å². The van der Waals surface area contributed by atoms with Crippen molar-refractivity contribution < 1.29 is 31.8 Å². The van der Waals surface area contributed by atoms with Gasteiger partial charge < -0.3 is 24.3 Å². The van der Waals surface area contributed by atoms with Gasteiger partial charge in [0.25, 0.3) is 5.88 Å². The van der Waals surface area contributed by atoms with Crippen molar-refractivity contribution >= 4 is 50.9 Å². The predicted octanol–water partition coefficient (Wildman–Crippen LogP) is 9.15. The Hall–Kier alpha value is -4.64. The maximum absolute atomic E-state index is 17.2. The third kappa shape index (κ3) is 6.03. The van der Waals surface area contributed by atoms with Gasteiger partial charge in [0.1, 0.15) is 11.6 Å². The van der Waals surface area contributed by atoms with Crippen LogP contribution in [0.5, 0.6) is 11.6 Å². The molecule has 0 spiro atoms. The zero-order valence-electron chi connectivity index (χ0n) is 30.4. The first-order valence-corrected chi connectivity index (χ1v) is 19.4. The number of rotatable bonds is 9. The molecule has 5 unspecified atom stereocenters. The number of aromatic nitrogens is 3. The number of hydrogen-bond acceptors (Lipinski definition) is 7. The Kier molecular flexibility index (Phi) is 9.10. The van der Waals surface area contributed by atoms with Crippen molar-refractivity contribution in [3.05, 3.63) is 81.0 Å². The lowest BCUT2D eigenvalue weighted by atomic mass is 9.79. The van der Waals surface area contributed by atoms with E-state index in [4.69, 9.17) is 37.7 Å². The molecule has 9 nitrogen and oxygen atoms in total. The van der Waals surface area contributed by atoms with Crippen LogP contribution in [0.15, 0.2) is 42.6 Å². The number of methoxy groups -OCH3 is 1. The highest BCUT2D eigenvalue weighted by Gasteiger charge is 2.51. The SMILES string of the molecule is COc1ncc(C(F)(F)F)cc1OC1CC(c2cc3c(C)nc4c(F)c(-c5cccc(Cl)c5Cl)c(CCC#N)cc4c3n2C2C3CNC2C3)N(C(=O)C2CC2)C1. The van der Waals surface area contributed by atoms with Crippen LogP contribution in [0, 0.1) is 35.9 Å². The molecule has 5 aliphatic rings. The van der Waals surface area contributed by atoms with Crippen LogP contribution in [0.4, 0.5) is 17.6 Å². The highest BCUT2D eigenvalue weighted by atomic mass is 35.5. The molecule has 1 N–H and O–H groups in total. The van der Waals surface area contributed by atoms with Gasteiger partial charge in [0.2, 0.25) is 5.91 Å². The maximum Gasteiger partial charge on any atom is 0.418 e. The van der Waals surface area contributed by atoms with Crippen molar-refractivity contribution in [3.8, 4) is 28.8 Å². The molecule has 10 rings (SSSR count). The Balaban J connectivity index is 1.23. The molecule has 5 atom stereocenters. The van der Waals surface area contributed by atoms with Crippen LogP contribution in [0.3, 0.4) is 0 Å². The number of halogens is 6. The number of alkyl halides is 3. The molecule has 0 radical (unpaired) electrons. The van der Waals surface area contributed by atoms with E-state index in [1.807, 2.05) is 19.1 Å². The Morgan fingerprint density at radius 2 is 1.95 bits per heavy atom. The third-order valence-corrected chi connectivity index (χ3v) is 12.7. The number of nitrogens with zero attached hydrogens (tertiary/aromatic N) is 5. The smallest absolute Gasteiger partial charge is 0.418 e. The van der Waals surface area contributed by atoms with Gasteiger partial charge >= 0.3 is 6.18 Å². The zero-order valence-corrected chi connectivity index (χ0v) is 31.9. The summed E-state index contributed by atoms with van der Waals surface area (Å²) in [6.07, 6.45) is -1.47. The number of hydrogen-bond donors (Lipinski definition) is 1. The number of carbonyl (C=O) groups excluding carboxylic acids is 1. The van der Waals surface area contributed by atoms with Gasteiger partial charge in [0.15, 0.2) is 11.6 Å². The first-order valence-electron chi connectivity index (χ1n) is 18.7. The van der Waals surface area contributed by atoms with Crippen LogP contribution in [0.2, 0.25) is 10.0 Å². The van der Waals surface area contributed by atoms with Crippen molar-refractivity contribution in [3.63, 3.8) is 0 Å². The average Bonchev–Trinajstić information content (AvgIpc) is 3.45. The molecule has 5 fully saturated rings. The largest absolute Gasteiger partial charge is 0.483 e. The average molecular weight is 808 g/mol. The Morgan fingerprint density at radius 1 is 1.14 bits per heavy atom. The molecular formula is C41H36Cl2F4N6O3. The maximum atomic E-state index is 17.2. The van der Waals surface area contributed by atoms with Gasteiger partial charge in [-0.2, -0.15) is 18.4 Å². The Morgan fingerprint density at radius 3 is 2.62 bits per heavy atom. The van der Waals surface area contributed by atoms with Crippen molar-refractivity contribution in [2.24, 2.45) is 11.8 Å². The second-order valence-corrected chi connectivity index (χ2v) is 16.1. The summed E-state index contributed by atoms with van der Waals surface area (Å²) in [7, 11) is 1.31. The van der Waals surface area contributed by atoms with Crippen LogP contribution in [-0.4, -0.2) is 57.7 Å². The monoisotopic (exact) mass is 806 g/mol. The van der Waals surface area contributed by atoms with Crippen molar-refractivity contribution in [2.45, 2.75) is 75.9 Å². The van der Waals surface area contributed by atoms with Crippen molar-refractivity contribution in [1.29, 1.82) is 5.26 Å². The number of likely N-dealkylation sites (tertiary alicyclic amines) is 1. The number of carbonyl (C=O) groups is 1. The zero-order chi connectivity index (χ0) is 39.2. The molecule has 3 saturated heterocycles. The summed E-state index contributed by atoms with van der Waals surface area (Å²) in [5.74, 6) is -0.708. The third-order valence-electron chi connectivity index (χ3n) is 11.9. The second-order valence-electron chi connectivity index (χ2n) is 15.3. The lowest BCUT2D eigenvalue weighted by Crippen LogP contribution is -2.41. The molecule has 3 aliphatic heterocycles. The van der Waals surface area contributed by atoms with Gasteiger partial charge in [-0.15, -0.1) is 0 Å². The predicted molar refractivity (Wildman–Crippen MR) is 202 cm³/mol. The summed E-state index contributed by atoms with van der Waals surface area (Å²) >= 11 is 13.1. The summed E-state index contributed by atoms with van der Waals surface area (Å²) in [5.41, 5.74) is 2.60. The fourth-order valence-corrected chi connectivity index (χ4v) is 9.47. The van der Waals surface area contributed by atoms with Crippen LogP contribution in [0.25, 0.3) is 32.9 Å². The Labute approximate surface area is 329 Å². The summed E-state index contributed by atoms with van der Waals surface area (Å²) in [6, 6.07) is 11.7. The molecule has 56 heavy (non-hydrogen) atoms. The van der Waals surface area contributed by atoms with E-state index < -0.39 is 29.7 Å². The molecule has 3 aromatic heterocycles. The molecule has 1 amide bonds. The van der Waals surface area contributed by atoms with Crippen molar-refractivity contribution in [1.82, 2.24) is 24.8 Å². The normalized spacial score (nSPS) is 23.1.